The van der Waals surface area contributed by atoms with Crippen molar-refractivity contribution >= 4 is 51.7 Å². The second kappa shape index (κ2) is 8.80. The van der Waals surface area contributed by atoms with Crippen LogP contribution in [-0.4, -0.2) is 47.6 Å². The van der Waals surface area contributed by atoms with Crippen LogP contribution >= 0.6 is 23.4 Å². The highest BCUT2D eigenvalue weighted by molar-refractivity contribution is 8.15. The van der Waals surface area contributed by atoms with Crippen molar-refractivity contribution < 1.29 is 14.3 Å². The second-order valence-corrected chi connectivity index (χ2v) is 9.08. The van der Waals surface area contributed by atoms with Gasteiger partial charge in [0.1, 0.15) is 24.3 Å². The number of rotatable bonds is 5. The van der Waals surface area contributed by atoms with Gasteiger partial charge < -0.3 is 15.0 Å². The van der Waals surface area contributed by atoms with E-state index in [1.54, 1.807) is 24.1 Å². The third kappa shape index (κ3) is 4.50. The molecule has 1 fully saturated rings. The number of benzene rings is 2. The number of thioether (sulfide) groups is 1. The highest BCUT2D eigenvalue weighted by Gasteiger charge is 2.41. The molecule has 2 aromatic carbocycles. The summed E-state index contributed by atoms with van der Waals surface area (Å²) >= 11 is 7.58. The van der Waals surface area contributed by atoms with E-state index in [9.17, 15) is 9.59 Å². The van der Waals surface area contributed by atoms with Crippen LogP contribution in [-0.2, 0) is 9.59 Å². The Morgan fingerprint density at radius 1 is 1.26 bits per heavy atom. The molecule has 0 spiro atoms. The summed E-state index contributed by atoms with van der Waals surface area (Å²) in [5, 5.41) is 3.56. The molecular weight excluding hydrogens is 436 g/mol. The minimum Gasteiger partial charge on any atom is -0.495 e. The number of carbonyl (C=O) groups is 2. The third-order valence-corrected chi connectivity index (χ3v) is 6.88. The molecule has 2 aromatic rings. The minimum atomic E-state index is -0.482. The topological polar surface area (TPSA) is 74.2 Å². The number of anilines is 2. The van der Waals surface area contributed by atoms with Gasteiger partial charge in [-0.25, -0.2) is 4.99 Å². The van der Waals surface area contributed by atoms with Crippen LogP contribution in [0.1, 0.15) is 17.5 Å². The zero-order valence-corrected chi connectivity index (χ0v) is 19.1. The highest BCUT2D eigenvalue weighted by Crippen LogP contribution is 2.35. The van der Waals surface area contributed by atoms with Crippen molar-refractivity contribution in [1.82, 2.24) is 4.90 Å². The van der Waals surface area contributed by atoms with Gasteiger partial charge in [-0.1, -0.05) is 29.4 Å². The van der Waals surface area contributed by atoms with Crippen LogP contribution in [0.25, 0.3) is 0 Å². The number of hydrogen-bond acceptors (Lipinski definition) is 6. The highest BCUT2D eigenvalue weighted by atomic mass is 35.5. The van der Waals surface area contributed by atoms with Crippen LogP contribution in [0.4, 0.5) is 11.4 Å². The van der Waals surface area contributed by atoms with Gasteiger partial charge in [0.2, 0.25) is 11.8 Å². The first kappa shape index (κ1) is 21.5. The molecule has 2 aliphatic heterocycles. The molecule has 31 heavy (non-hydrogen) atoms. The number of fused-ring (bicyclic) bond motifs is 1. The summed E-state index contributed by atoms with van der Waals surface area (Å²) in [4.78, 5) is 33.6. The first-order valence-corrected chi connectivity index (χ1v) is 11.1. The Hall–Kier alpha value is -2.71. The number of nitrogens with one attached hydrogen (secondary N) is 1. The summed E-state index contributed by atoms with van der Waals surface area (Å²) in [5.41, 5.74) is 3.86. The minimum absolute atomic E-state index is 0.0975. The van der Waals surface area contributed by atoms with E-state index in [0.717, 1.165) is 22.5 Å². The number of ether oxygens (including phenoxy) is 1. The molecule has 0 aromatic heterocycles. The SMILES string of the molecule is COc1ccc(N2CN=C3SC(CC(=O)Nc4ccc(C)c(C)c4)C(=O)N3C2)cc1Cl. The Bertz CT molecular complexity index is 1070. The molecule has 2 heterocycles. The summed E-state index contributed by atoms with van der Waals surface area (Å²) in [6, 6.07) is 11.2. The van der Waals surface area contributed by atoms with Gasteiger partial charge in [0.15, 0.2) is 5.17 Å². The van der Waals surface area contributed by atoms with E-state index < -0.39 is 5.25 Å². The summed E-state index contributed by atoms with van der Waals surface area (Å²) in [6.07, 6.45) is 0.0975. The average Bonchev–Trinajstić information content (AvgIpc) is 3.05. The maximum Gasteiger partial charge on any atom is 0.244 e. The Balaban J connectivity index is 1.40. The number of aryl methyl sites for hydroxylation is 2. The molecule has 9 heteroatoms. The predicted molar refractivity (Wildman–Crippen MR) is 125 cm³/mol. The molecule has 162 valence electrons. The summed E-state index contributed by atoms with van der Waals surface area (Å²) in [5.74, 6) is 0.297. The van der Waals surface area contributed by atoms with Gasteiger partial charge in [0.05, 0.1) is 12.1 Å². The Morgan fingerprint density at radius 2 is 2.06 bits per heavy atom. The van der Waals surface area contributed by atoms with E-state index in [-0.39, 0.29) is 18.2 Å². The van der Waals surface area contributed by atoms with Crippen molar-refractivity contribution in [2.45, 2.75) is 25.5 Å². The Morgan fingerprint density at radius 3 is 2.77 bits per heavy atom. The van der Waals surface area contributed by atoms with Gasteiger partial charge in [-0.2, -0.15) is 0 Å². The molecule has 2 aliphatic rings. The average molecular weight is 459 g/mol. The molecule has 0 aliphatic carbocycles. The van der Waals surface area contributed by atoms with Crippen molar-refractivity contribution in [3.63, 3.8) is 0 Å². The molecule has 0 bridgehead atoms. The summed E-state index contributed by atoms with van der Waals surface area (Å²) in [6.45, 7) is 4.80. The molecule has 1 unspecified atom stereocenters. The Labute approximate surface area is 190 Å². The molecule has 1 saturated heterocycles. The quantitative estimate of drug-likeness (QED) is 0.732. The van der Waals surface area contributed by atoms with E-state index in [1.807, 2.05) is 43.0 Å². The lowest BCUT2D eigenvalue weighted by Crippen LogP contribution is -2.46. The van der Waals surface area contributed by atoms with Crippen molar-refractivity contribution in [3.8, 4) is 5.75 Å². The normalized spacial score (nSPS) is 18.0. The van der Waals surface area contributed by atoms with Crippen molar-refractivity contribution in [3.05, 3.63) is 52.5 Å². The van der Waals surface area contributed by atoms with Gasteiger partial charge in [-0.05, 0) is 55.3 Å². The molecule has 1 N–H and O–H groups in total. The number of methoxy groups -OCH3 is 1. The maximum absolute atomic E-state index is 12.9. The van der Waals surface area contributed by atoms with Crippen LogP contribution < -0.4 is 15.0 Å². The van der Waals surface area contributed by atoms with Crippen LogP contribution in [0.5, 0.6) is 5.75 Å². The smallest absolute Gasteiger partial charge is 0.244 e. The molecule has 0 radical (unpaired) electrons. The van der Waals surface area contributed by atoms with E-state index >= 15 is 0 Å². The summed E-state index contributed by atoms with van der Waals surface area (Å²) < 4.78 is 5.20. The Kier molecular flexibility index (Phi) is 6.11. The first-order valence-electron chi connectivity index (χ1n) is 9.84. The lowest BCUT2D eigenvalue weighted by atomic mass is 10.1. The predicted octanol–water partition coefficient (Wildman–Crippen LogP) is 4.03. The monoisotopic (exact) mass is 458 g/mol. The molecule has 7 nitrogen and oxygen atoms in total. The lowest BCUT2D eigenvalue weighted by Gasteiger charge is -2.32. The maximum atomic E-state index is 12.9. The number of carbonyl (C=O) groups excluding carboxylic acids is 2. The number of halogens is 1. The van der Waals surface area contributed by atoms with Crippen LogP contribution in [0.2, 0.25) is 5.02 Å². The number of amides is 2. The summed E-state index contributed by atoms with van der Waals surface area (Å²) in [7, 11) is 1.56. The van der Waals surface area contributed by atoms with E-state index in [2.05, 4.69) is 10.3 Å². The second-order valence-electron chi connectivity index (χ2n) is 7.51. The van der Waals surface area contributed by atoms with Crippen LogP contribution in [0, 0.1) is 13.8 Å². The van der Waals surface area contributed by atoms with E-state index in [0.29, 0.717) is 29.3 Å². The fraction of sp³-hybridized carbons (Fsp3) is 0.318. The fourth-order valence-electron chi connectivity index (χ4n) is 3.47. The van der Waals surface area contributed by atoms with Crippen molar-refractivity contribution in [2.24, 2.45) is 4.99 Å². The van der Waals surface area contributed by atoms with Gasteiger partial charge in [0.25, 0.3) is 0 Å². The number of aliphatic imine (C=N–C) groups is 1. The van der Waals surface area contributed by atoms with E-state index in [1.165, 1.54) is 11.8 Å². The largest absolute Gasteiger partial charge is 0.495 e. The number of hydrogen-bond donors (Lipinski definition) is 1. The lowest BCUT2D eigenvalue weighted by molar-refractivity contribution is -0.128. The van der Waals surface area contributed by atoms with Crippen LogP contribution in [0.15, 0.2) is 41.4 Å². The number of nitrogens with zero attached hydrogens (tertiary/aromatic N) is 3. The van der Waals surface area contributed by atoms with Gasteiger partial charge in [0, 0.05) is 17.8 Å². The fourth-order valence-corrected chi connectivity index (χ4v) is 4.84. The van der Waals surface area contributed by atoms with Gasteiger partial charge >= 0.3 is 0 Å². The first-order chi connectivity index (χ1) is 14.9. The number of amidine groups is 1. The van der Waals surface area contributed by atoms with Crippen LogP contribution in [0.3, 0.4) is 0 Å². The van der Waals surface area contributed by atoms with Gasteiger partial charge in [-0.15, -0.1) is 0 Å². The van der Waals surface area contributed by atoms with Crippen molar-refractivity contribution in [2.75, 3.05) is 30.7 Å². The molecular formula is C22H23ClN4O3S. The van der Waals surface area contributed by atoms with E-state index in [4.69, 9.17) is 16.3 Å². The molecule has 4 rings (SSSR count). The standard InChI is InChI=1S/C22H23ClN4O3S/c1-13-4-5-15(8-14(13)2)25-20(28)10-19-21(29)27-12-26(11-24-22(27)31-19)16-6-7-18(30-3)17(23)9-16/h4-9,19H,10-12H2,1-3H3,(H,25,28). The molecule has 1 atom stereocenters. The zero-order chi connectivity index (χ0) is 22.1. The van der Waals surface area contributed by atoms with Gasteiger partial charge in [-0.3, -0.25) is 14.5 Å². The third-order valence-electron chi connectivity index (χ3n) is 5.37. The zero-order valence-electron chi connectivity index (χ0n) is 17.5. The van der Waals surface area contributed by atoms with Crippen molar-refractivity contribution in [1.29, 1.82) is 0 Å². The molecule has 0 saturated carbocycles. The molecule has 2 amide bonds.